The number of H-pyrrole nitrogens is 1. The van der Waals surface area contributed by atoms with E-state index in [1.165, 1.54) is 37.1 Å². The van der Waals surface area contributed by atoms with Gasteiger partial charge in [0.2, 0.25) is 0 Å². The van der Waals surface area contributed by atoms with E-state index in [0.717, 1.165) is 13.1 Å². The average Bonchev–Trinajstić information content (AvgIpc) is 2.58. The average molecular weight is 313 g/mol. The molecule has 1 aliphatic heterocycles. The predicted octanol–water partition coefficient (Wildman–Crippen LogP) is 2.40. The molecule has 1 aromatic carbocycles. The Balaban J connectivity index is 1.58. The lowest BCUT2D eigenvalue weighted by Crippen LogP contribution is -2.29. The first-order chi connectivity index (χ1) is 11.2. The van der Waals surface area contributed by atoms with E-state index < -0.39 is 6.03 Å². The first-order valence-corrected chi connectivity index (χ1v) is 7.69. The Morgan fingerprint density at radius 3 is 2.39 bits per heavy atom. The summed E-state index contributed by atoms with van der Waals surface area (Å²) in [6.07, 6.45) is 3.76. The minimum atomic E-state index is -0.407. The summed E-state index contributed by atoms with van der Waals surface area (Å²) in [4.78, 5) is 25.2. The van der Waals surface area contributed by atoms with Crippen LogP contribution in [0.3, 0.4) is 0 Å². The molecule has 0 spiro atoms. The minimum Gasteiger partial charge on any atom is -0.372 e. The molecule has 7 heteroatoms. The number of carbonyl (C=O) groups excluding carboxylic acids is 1. The zero-order chi connectivity index (χ0) is 16.1. The molecule has 2 heterocycles. The van der Waals surface area contributed by atoms with Gasteiger partial charge in [-0.05, 0) is 49.6 Å². The van der Waals surface area contributed by atoms with E-state index in [1.54, 1.807) is 0 Å². The van der Waals surface area contributed by atoms with Gasteiger partial charge in [-0.1, -0.05) is 0 Å². The van der Waals surface area contributed by atoms with Gasteiger partial charge in [0, 0.05) is 30.5 Å². The van der Waals surface area contributed by atoms with E-state index >= 15 is 0 Å². The fraction of sp³-hybridized carbons (Fsp3) is 0.312. The third-order valence-corrected chi connectivity index (χ3v) is 3.77. The Bertz CT molecular complexity index is 700. The molecule has 7 nitrogen and oxygen atoms in total. The second-order valence-corrected chi connectivity index (χ2v) is 5.48. The lowest BCUT2D eigenvalue weighted by atomic mass is 10.1. The molecule has 0 radical (unpaired) electrons. The van der Waals surface area contributed by atoms with Crippen molar-refractivity contribution in [1.82, 2.24) is 10.2 Å². The summed E-state index contributed by atoms with van der Waals surface area (Å²) in [6, 6.07) is 10.1. The van der Waals surface area contributed by atoms with Crippen LogP contribution in [0, 0.1) is 0 Å². The van der Waals surface area contributed by atoms with Gasteiger partial charge >= 0.3 is 6.03 Å². The lowest BCUT2D eigenvalue weighted by molar-refractivity contribution is 0.262. The summed E-state index contributed by atoms with van der Waals surface area (Å²) in [5.74, 6) is 0.284. The molecular weight excluding hydrogens is 294 g/mol. The maximum Gasteiger partial charge on any atom is 0.324 e. The smallest absolute Gasteiger partial charge is 0.324 e. The normalized spacial score (nSPS) is 14.3. The van der Waals surface area contributed by atoms with Crippen molar-refractivity contribution in [1.29, 1.82) is 0 Å². The number of amides is 2. The van der Waals surface area contributed by atoms with Gasteiger partial charge in [-0.3, -0.25) is 10.1 Å². The topological polar surface area (TPSA) is 90.1 Å². The Morgan fingerprint density at radius 1 is 1.00 bits per heavy atom. The standard InChI is InChI=1S/C16H19N5O2/c22-15-9-8-14(19-20-15)18-16(23)17-12-4-6-13(7-5-12)21-10-2-1-3-11-21/h4-9H,1-3,10-11H2,(H,20,22)(H2,17,18,19,23). The van der Waals surface area contributed by atoms with Crippen LogP contribution in [0.25, 0.3) is 0 Å². The van der Waals surface area contributed by atoms with Gasteiger partial charge < -0.3 is 10.2 Å². The maximum atomic E-state index is 11.9. The largest absolute Gasteiger partial charge is 0.372 e. The number of aromatic amines is 1. The number of piperidine rings is 1. The van der Waals surface area contributed by atoms with Gasteiger partial charge in [0.25, 0.3) is 5.56 Å². The summed E-state index contributed by atoms with van der Waals surface area (Å²) in [5, 5.41) is 11.3. The third-order valence-electron chi connectivity index (χ3n) is 3.77. The van der Waals surface area contributed by atoms with Crippen molar-refractivity contribution in [3.05, 3.63) is 46.8 Å². The lowest BCUT2D eigenvalue weighted by Gasteiger charge is -2.28. The van der Waals surface area contributed by atoms with E-state index in [4.69, 9.17) is 0 Å². The molecule has 0 bridgehead atoms. The Morgan fingerprint density at radius 2 is 1.74 bits per heavy atom. The van der Waals surface area contributed by atoms with E-state index in [1.807, 2.05) is 24.3 Å². The first-order valence-electron chi connectivity index (χ1n) is 7.69. The second-order valence-electron chi connectivity index (χ2n) is 5.48. The number of hydrogen-bond donors (Lipinski definition) is 3. The molecule has 1 fully saturated rings. The number of nitrogens with zero attached hydrogens (tertiary/aromatic N) is 2. The number of nitrogens with one attached hydrogen (secondary N) is 3. The number of aromatic nitrogens is 2. The number of anilines is 3. The highest BCUT2D eigenvalue weighted by molar-refractivity contribution is 5.99. The van der Waals surface area contributed by atoms with Crippen LogP contribution >= 0.6 is 0 Å². The zero-order valence-electron chi connectivity index (χ0n) is 12.7. The number of benzene rings is 1. The fourth-order valence-corrected chi connectivity index (χ4v) is 2.60. The van der Waals surface area contributed by atoms with Gasteiger partial charge in [-0.25, -0.2) is 9.89 Å². The van der Waals surface area contributed by atoms with E-state index in [0.29, 0.717) is 5.69 Å². The molecule has 23 heavy (non-hydrogen) atoms. The SMILES string of the molecule is O=C(Nc1ccc(N2CCCCC2)cc1)Nc1ccc(=O)[nH]n1. The molecule has 0 saturated carbocycles. The Labute approximate surface area is 133 Å². The van der Waals surface area contributed by atoms with E-state index in [2.05, 4.69) is 25.7 Å². The van der Waals surface area contributed by atoms with Gasteiger partial charge in [-0.2, -0.15) is 5.10 Å². The minimum absolute atomic E-state index is 0.284. The van der Waals surface area contributed by atoms with Crippen LogP contribution in [0.5, 0.6) is 0 Å². The van der Waals surface area contributed by atoms with Crippen LogP contribution in [-0.2, 0) is 0 Å². The molecule has 3 N–H and O–H groups in total. The molecule has 0 aliphatic carbocycles. The van der Waals surface area contributed by atoms with E-state index in [9.17, 15) is 9.59 Å². The van der Waals surface area contributed by atoms with Crippen molar-refractivity contribution in [3.63, 3.8) is 0 Å². The molecule has 1 saturated heterocycles. The molecule has 1 aromatic heterocycles. The molecule has 120 valence electrons. The summed E-state index contributed by atoms with van der Waals surface area (Å²) in [6.45, 7) is 2.18. The highest BCUT2D eigenvalue weighted by Crippen LogP contribution is 2.21. The van der Waals surface area contributed by atoms with E-state index in [-0.39, 0.29) is 11.4 Å². The highest BCUT2D eigenvalue weighted by Gasteiger charge is 2.11. The van der Waals surface area contributed by atoms with Gasteiger partial charge in [-0.15, -0.1) is 0 Å². The van der Waals surface area contributed by atoms with Crippen LogP contribution in [-0.4, -0.2) is 29.3 Å². The van der Waals surface area contributed by atoms with Crippen molar-refractivity contribution in [3.8, 4) is 0 Å². The van der Waals surface area contributed by atoms with Crippen LogP contribution in [0.2, 0.25) is 0 Å². The summed E-state index contributed by atoms with van der Waals surface area (Å²) >= 11 is 0. The van der Waals surface area contributed by atoms with Crippen LogP contribution in [0.4, 0.5) is 22.0 Å². The number of urea groups is 1. The summed E-state index contributed by atoms with van der Waals surface area (Å²) < 4.78 is 0. The van der Waals surface area contributed by atoms with Gasteiger partial charge in [0.15, 0.2) is 5.82 Å². The monoisotopic (exact) mass is 313 g/mol. The summed E-state index contributed by atoms with van der Waals surface area (Å²) in [5.41, 5.74) is 1.56. The van der Waals surface area contributed by atoms with Crippen LogP contribution in [0.1, 0.15) is 19.3 Å². The number of carbonyl (C=O) groups is 1. The van der Waals surface area contributed by atoms with Crippen LogP contribution in [0.15, 0.2) is 41.2 Å². The molecule has 2 aromatic rings. The van der Waals surface area contributed by atoms with Crippen LogP contribution < -0.4 is 21.1 Å². The van der Waals surface area contributed by atoms with Gasteiger partial charge in [0.1, 0.15) is 0 Å². The molecule has 1 aliphatic rings. The first kappa shape index (κ1) is 15.1. The van der Waals surface area contributed by atoms with Crippen molar-refractivity contribution in [2.45, 2.75) is 19.3 Å². The number of hydrogen-bond acceptors (Lipinski definition) is 4. The summed E-state index contributed by atoms with van der Waals surface area (Å²) in [7, 11) is 0. The third kappa shape index (κ3) is 4.09. The van der Waals surface area contributed by atoms with Crippen molar-refractivity contribution >= 4 is 23.2 Å². The predicted molar refractivity (Wildman–Crippen MR) is 90.0 cm³/mol. The quantitative estimate of drug-likeness (QED) is 0.811. The zero-order valence-corrected chi connectivity index (χ0v) is 12.7. The Kier molecular flexibility index (Phi) is 4.56. The molecule has 2 amide bonds. The fourth-order valence-electron chi connectivity index (χ4n) is 2.60. The Hall–Kier alpha value is -2.83. The molecule has 3 rings (SSSR count). The number of rotatable bonds is 3. The maximum absolute atomic E-state index is 11.9. The molecule has 0 atom stereocenters. The molecule has 0 unspecified atom stereocenters. The van der Waals surface area contributed by atoms with Gasteiger partial charge in [0.05, 0.1) is 0 Å². The van der Waals surface area contributed by atoms with Crippen molar-refractivity contribution < 1.29 is 4.79 Å². The highest BCUT2D eigenvalue weighted by atomic mass is 16.2. The van der Waals surface area contributed by atoms with Crippen molar-refractivity contribution in [2.24, 2.45) is 0 Å². The molecular formula is C16H19N5O2. The second kappa shape index (κ2) is 6.95. The van der Waals surface area contributed by atoms with Crippen molar-refractivity contribution in [2.75, 3.05) is 28.6 Å².